The summed E-state index contributed by atoms with van der Waals surface area (Å²) in [7, 11) is 0. The highest BCUT2D eigenvalue weighted by molar-refractivity contribution is 6.39. The van der Waals surface area contributed by atoms with Gasteiger partial charge in [-0.1, -0.05) is 59.6 Å². The van der Waals surface area contributed by atoms with Crippen molar-refractivity contribution < 1.29 is 9.59 Å². The molecule has 2 aromatic rings. The molecule has 2 unspecified atom stereocenters. The summed E-state index contributed by atoms with van der Waals surface area (Å²) in [6, 6.07) is 15.0. The number of primary amides is 1. The van der Waals surface area contributed by atoms with Gasteiger partial charge in [0.2, 0.25) is 5.91 Å². The molecule has 0 radical (unpaired) electrons. The first-order valence-corrected chi connectivity index (χ1v) is 11.0. The van der Waals surface area contributed by atoms with Gasteiger partial charge in [-0.05, 0) is 43.0 Å². The third-order valence-corrected chi connectivity index (χ3v) is 6.90. The summed E-state index contributed by atoms with van der Waals surface area (Å²) >= 11 is 12.4. The van der Waals surface area contributed by atoms with Crippen LogP contribution in [0.1, 0.15) is 22.3 Å². The number of halogens is 2. The molecule has 4 rings (SSSR count). The molecule has 2 heterocycles. The van der Waals surface area contributed by atoms with E-state index in [-0.39, 0.29) is 29.7 Å². The number of fused-ring (bicyclic) bond motifs is 1. The van der Waals surface area contributed by atoms with Gasteiger partial charge in [0.25, 0.3) is 5.91 Å². The van der Waals surface area contributed by atoms with E-state index in [1.165, 1.54) is 5.56 Å². The van der Waals surface area contributed by atoms with Gasteiger partial charge in [-0.3, -0.25) is 14.5 Å². The maximum Gasteiger partial charge on any atom is 0.256 e. The number of hydrogen-bond donors (Lipinski definition) is 1. The van der Waals surface area contributed by atoms with Gasteiger partial charge in [0.1, 0.15) is 0 Å². The number of benzene rings is 2. The molecule has 2 aliphatic heterocycles. The highest BCUT2D eigenvalue weighted by atomic mass is 35.5. The Bertz CT molecular complexity index is 917. The van der Waals surface area contributed by atoms with Gasteiger partial charge in [-0.15, -0.1) is 0 Å². The van der Waals surface area contributed by atoms with E-state index in [1.54, 1.807) is 23.1 Å². The zero-order chi connectivity index (χ0) is 21.3. The second kappa shape index (κ2) is 8.96. The highest BCUT2D eigenvalue weighted by Gasteiger charge is 2.50. The number of likely N-dealkylation sites (tertiary alicyclic amines) is 2. The van der Waals surface area contributed by atoms with Crippen LogP contribution < -0.4 is 5.73 Å². The van der Waals surface area contributed by atoms with Gasteiger partial charge in [-0.2, -0.15) is 0 Å². The summed E-state index contributed by atoms with van der Waals surface area (Å²) in [5, 5.41) is 0.692. The maximum atomic E-state index is 13.0. The van der Waals surface area contributed by atoms with Gasteiger partial charge in [0, 0.05) is 25.6 Å². The second-order valence-electron chi connectivity index (χ2n) is 8.16. The monoisotopic (exact) mass is 445 g/mol. The first-order chi connectivity index (χ1) is 14.5. The number of hydrogen-bond acceptors (Lipinski definition) is 3. The predicted molar refractivity (Wildman–Crippen MR) is 119 cm³/mol. The first kappa shape index (κ1) is 21.2. The van der Waals surface area contributed by atoms with Crippen LogP contribution in [0.25, 0.3) is 0 Å². The molecular formula is C23H25Cl2N3O2. The van der Waals surface area contributed by atoms with Crippen molar-refractivity contribution in [2.45, 2.75) is 18.9 Å². The number of nitrogens with two attached hydrogens (primary N) is 1. The van der Waals surface area contributed by atoms with E-state index in [4.69, 9.17) is 28.9 Å². The van der Waals surface area contributed by atoms with Crippen LogP contribution in [0.5, 0.6) is 0 Å². The van der Waals surface area contributed by atoms with Crippen LogP contribution in [0.3, 0.4) is 0 Å². The number of aryl methyl sites for hydroxylation is 1. The van der Waals surface area contributed by atoms with Crippen LogP contribution in [-0.4, -0.2) is 53.8 Å². The van der Waals surface area contributed by atoms with E-state index in [1.807, 2.05) is 18.2 Å². The largest absolute Gasteiger partial charge is 0.368 e. The Morgan fingerprint density at radius 2 is 1.67 bits per heavy atom. The molecule has 0 bridgehead atoms. The third kappa shape index (κ3) is 4.20. The smallest absolute Gasteiger partial charge is 0.256 e. The van der Waals surface area contributed by atoms with Gasteiger partial charge in [0.05, 0.1) is 21.7 Å². The zero-order valence-corrected chi connectivity index (χ0v) is 18.1. The van der Waals surface area contributed by atoms with Gasteiger partial charge in [-0.25, -0.2) is 0 Å². The van der Waals surface area contributed by atoms with Crippen molar-refractivity contribution in [1.29, 1.82) is 0 Å². The number of carbonyl (C=O) groups excluding carboxylic acids is 2. The average molecular weight is 446 g/mol. The average Bonchev–Trinajstić information content (AvgIpc) is 3.26. The molecule has 0 aliphatic carbocycles. The van der Waals surface area contributed by atoms with E-state index >= 15 is 0 Å². The number of nitrogens with zero attached hydrogens (tertiary/aromatic N) is 2. The molecule has 3 atom stereocenters. The fourth-order valence-electron chi connectivity index (χ4n) is 4.91. The summed E-state index contributed by atoms with van der Waals surface area (Å²) < 4.78 is 0. The quantitative estimate of drug-likeness (QED) is 0.739. The fraction of sp³-hybridized carbons (Fsp3) is 0.391. The Kier molecular flexibility index (Phi) is 6.32. The standard InChI is InChI=1S/C23H25Cl2N3O2/c24-18-9-4-10-19(25)20(18)23(30)28-13-16-12-27(21(22(26)29)17(16)14-28)11-5-8-15-6-2-1-3-7-15/h1-4,6-7,9-10,16-17,21H,5,8,11-14H2,(H2,26,29)/t16?,17-,21?/m1/s1. The summed E-state index contributed by atoms with van der Waals surface area (Å²) in [5.74, 6) is -0.222. The molecule has 7 heteroatoms. The van der Waals surface area contributed by atoms with Crippen molar-refractivity contribution in [1.82, 2.24) is 9.80 Å². The molecule has 30 heavy (non-hydrogen) atoms. The maximum absolute atomic E-state index is 13.0. The van der Waals surface area contributed by atoms with Crippen LogP contribution >= 0.6 is 23.2 Å². The molecule has 2 aliphatic rings. The van der Waals surface area contributed by atoms with Crippen molar-refractivity contribution in [2.24, 2.45) is 17.6 Å². The van der Waals surface area contributed by atoms with Crippen molar-refractivity contribution in [2.75, 3.05) is 26.2 Å². The Morgan fingerprint density at radius 1 is 0.967 bits per heavy atom. The van der Waals surface area contributed by atoms with Crippen LogP contribution in [0.15, 0.2) is 48.5 Å². The lowest BCUT2D eigenvalue weighted by molar-refractivity contribution is -0.123. The predicted octanol–water partition coefficient (Wildman–Crippen LogP) is 3.48. The zero-order valence-electron chi connectivity index (χ0n) is 16.6. The van der Waals surface area contributed by atoms with Crippen LogP contribution in [0.4, 0.5) is 0 Å². The van der Waals surface area contributed by atoms with E-state index in [2.05, 4.69) is 17.0 Å². The molecule has 158 valence electrons. The van der Waals surface area contributed by atoms with E-state index in [0.29, 0.717) is 28.7 Å². The third-order valence-electron chi connectivity index (χ3n) is 6.27. The molecule has 5 nitrogen and oxygen atoms in total. The van der Waals surface area contributed by atoms with Gasteiger partial charge < -0.3 is 10.6 Å². The molecular weight excluding hydrogens is 421 g/mol. The molecule has 2 fully saturated rings. The highest BCUT2D eigenvalue weighted by Crippen LogP contribution is 2.38. The molecule has 0 spiro atoms. The summed E-state index contributed by atoms with van der Waals surface area (Å²) in [6.07, 6.45) is 1.93. The lowest BCUT2D eigenvalue weighted by Crippen LogP contribution is -2.46. The Hall–Kier alpha value is -2.08. The molecule has 2 N–H and O–H groups in total. The first-order valence-electron chi connectivity index (χ1n) is 10.3. The van der Waals surface area contributed by atoms with Crippen molar-refractivity contribution in [3.63, 3.8) is 0 Å². The minimum Gasteiger partial charge on any atom is -0.368 e. The number of amides is 2. The lowest BCUT2D eigenvalue weighted by Gasteiger charge is -2.27. The second-order valence-corrected chi connectivity index (χ2v) is 8.98. The van der Waals surface area contributed by atoms with Crippen LogP contribution in [0, 0.1) is 11.8 Å². The van der Waals surface area contributed by atoms with E-state index in [0.717, 1.165) is 25.9 Å². The molecule has 2 aromatic carbocycles. The summed E-state index contributed by atoms with van der Waals surface area (Å²) in [5.41, 5.74) is 7.40. The Morgan fingerprint density at radius 3 is 2.33 bits per heavy atom. The van der Waals surface area contributed by atoms with Crippen molar-refractivity contribution in [3.8, 4) is 0 Å². The van der Waals surface area contributed by atoms with Gasteiger partial charge >= 0.3 is 0 Å². The van der Waals surface area contributed by atoms with Crippen molar-refractivity contribution in [3.05, 3.63) is 69.7 Å². The molecule has 0 aromatic heterocycles. The van der Waals surface area contributed by atoms with Gasteiger partial charge in [0.15, 0.2) is 0 Å². The summed E-state index contributed by atoms with van der Waals surface area (Å²) in [4.78, 5) is 29.3. The minimum absolute atomic E-state index is 0.0458. The number of carbonyl (C=O) groups is 2. The molecule has 2 amide bonds. The van der Waals surface area contributed by atoms with Crippen LogP contribution in [0.2, 0.25) is 10.0 Å². The van der Waals surface area contributed by atoms with E-state index < -0.39 is 0 Å². The topological polar surface area (TPSA) is 66.6 Å². The number of rotatable bonds is 6. The normalized spacial score (nSPS) is 23.5. The minimum atomic E-state index is -0.342. The SMILES string of the molecule is NC(=O)C1[C@@H]2CN(C(=O)c3c(Cl)cccc3Cl)CC2CN1CCCc1ccccc1. The molecule has 2 saturated heterocycles. The Labute approximate surface area is 186 Å². The van der Waals surface area contributed by atoms with Crippen LogP contribution in [-0.2, 0) is 11.2 Å². The fourth-order valence-corrected chi connectivity index (χ4v) is 5.47. The Balaban J connectivity index is 1.41. The molecule has 0 saturated carbocycles. The lowest BCUT2D eigenvalue weighted by atomic mass is 9.94. The summed E-state index contributed by atoms with van der Waals surface area (Å²) in [6.45, 7) is 2.67. The van der Waals surface area contributed by atoms with E-state index in [9.17, 15) is 9.59 Å². The van der Waals surface area contributed by atoms with Crippen molar-refractivity contribution >= 4 is 35.0 Å².